The lowest BCUT2D eigenvalue weighted by molar-refractivity contribution is -0.141. The molecule has 2 heterocycles. The zero-order valence-electron chi connectivity index (χ0n) is 12.4. The number of hydrogen-bond donors (Lipinski definition) is 0. The Bertz CT molecular complexity index is 909. The lowest BCUT2D eigenvalue weighted by Gasteiger charge is -2.06. The van der Waals surface area contributed by atoms with Gasteiger partial charge in [-0.1, -0.05) is 6.07 Å². The Hall–Kier alpha value is -2.85. The lowest BCUT2D eigenvalue weighted by atomic mass is 10.1. The van der Waals surface area contributed by atoms with Crippen molar-refractivity contribution >= 4 is 0 Å². The first kappa shape index (κ1) is 17.0. The lowest BCUT2D eigenvalue weighted by Crippen LogP contribution is -2.06. The quantitative estimate of drug-likeness (QED) is 0.642. The number of hydrogen-bond acceptors (Lipinski definition) is 4. The second kappa shape index (κ2) is 5.60. The molecule has 0 N–H and O–H groups in total. The molecule has 0 unspecified atom stereocenters. The number of alkyl halides is 6. The van der Waals surface area contributed by atoms with Gasteiger partial charge in [-0.2, -0.15) is 31.4 Å². The zero-order chi connectivity index (χ0) is 18.4. The summed E-state index contributed by atoms with van der Waals surface area (Å²) in [4.78, 5) is 0. The van der Waals surface area contributed by atoms with Gasteiger partial charge < -0.3 is 4.42 Å². The first-order valence-corrected chi connectivity index (χ1v) is 6.68. The van der Waals surface area contributed by atoms with Gasteiger partial charge in [-0.05, 0) is 18.2 Å². The van der Waals surface area contributed by atoms with E-state index in [-0.39, 0.29) is 23.0 Å². The van der Waals surface area contributed by atoms with Gasteiger partial charge >= 0.3 is 12.4 Å². The zero-order valence-corrected chi connectivity index (χ0v) is 12.4. The Morgan fingerprint density at radius 2 is 1.60 bits per heavy atom. The fourth-order valence-electron chi connectivity index (χ4n) is 2.08. The Morgan fingerprint density at radius 3 is 2.20 bits per heavy atom. The van der Waals surface area contributed by atoms with Gasteiger partial charge in [0.25, 0.3) is 5.89 Å². The van der Waals surface area contributed by atoms with E-state index in [9.17, 15) is 26.3 Å². The van der Waals surface area contributed by atoms with Crippen LogP contribution in [0.25, 0.3) is 23.0 Å². The van der Waals surface area contributed by atoms with Gasteiger partial charge in [0.1, 0.15) is 5.69 Å². The minimum absolute atomic E-state index is 0.00760. The molecule has 2 aromatic heterocycles. The molecule has 25 heavy (non-hydrogen) atoms. The van der Waals surface area contributed by atoms with Crippen LogP contribution in [0.2, 0.25) is 0 Å². The molecule has 3 aromatic rings. The maximum atomic E-state index is 12.7. The summed E-state index contributed by atoms with van der Waals surface area (Å²) in [5.41, 5.74) is -2.18. The smallest absolute Gasteiger partial charge is 0.415 e. The molecule has 0 fully saturated rings. The summed E-state index contributed by atoms with van der Waals surface area (Å²) in [5, 5.41) is 10.5. The third kappa shape index (κ3) is 3.35. The summed E-state index contributed by atoms with van der Waals surface area (Å²) in [5.74, 6) is -0.547. The van der Waals surface area contributed by atoms with Crippen molar-refractivity contribution in [1.29, 1.82) is 0 Å². The van der Waals surface area contributed by atoms with Gasteiger partial charge in [0, 0.05) is 18.7 Å². The predicted molar refractivity (Wildman–Crippen MR) is 71.9 cm³/mol. The number of halogens is 6. The molecule has 0 aliphatic heterocycles. The van der Waals surface area contributed by atoms with Crippen molar-refractivity contribution < 1.29 is 30.8 Å². The summed E-state index contributed by atoms with van der Waals surface area (Å²) in [6.45, 7) is 0. The molecule has 0 bridgehead atoms. The molecular formula is C14H8F6N4O. The van der Waals surface area contributed by atoms with Gasteiger partial charge in [-0.3, -0.25) is 4.68 Å². The van der Waals surface area contributed by atoms with Gasteiger partial charge in [0.05, 0.1) is 5.56 Å². The molecule has 132 valence electrons. The second-order valence-corrected chi connectivity index (χ2v) is 5.03. The van der Waals surface area contributed by atoms with Gasteiger partial charge in [-0.25, -0.2) is 0 Å². The fourth-order valence-corrected chi connectivity index (χ4v) is 2.08. The van der Waals surface area contributed by atoms with Crippen molar-refractivity contribution in [2.75, 3.05) is 0 Å². The molecule has 11 heteroatoms. The molecule has 0 saturated carbocycles. The topological polar surface area (TPSA) is 56.7 Å². The predicted octanol–water partition coefficient (Wildman–Crippen LogP) is 4.17. The van der Waals surface area contributed by atoms with E-state index in [0.717, 1.165) is 22.9 Å². The third-order valence-electron chi connectivity index (χ3n) is 3.25. The van der Waals surface area contributed by atoms with Crippen LogP contribution in [0.5, 0.6) is 0 Å². The number of aryl methyl sites for hydroxylation is 1. The number of nitrogens with zero attached hydrogens (tertiary/aromatic N) is 4. The first-order chi connectivity index (χ1) is 11.6. The molecule has 0 aliphatic carbocycles. The van der Waals surface area contributed by atoms with E-state index in [1.54, 1.807) is 0 Å². The van der Waals surface area contributed by atoms with Crippen LogP contribution in [0.3, 0.4) is 0 Å². The first-order valence-electron chi connectivity index (χ1n) is 6.68. The van der Waals surface area contributed by atoms with E-state index >= 15 is 0 Å². The molecule has 0 radical (unpaired) electrons. The average Bonchev–Trinajstić information content (AvgIpc) is 3.12. The van der Waals surface area contributed by atoms with Crippen molar-refractivity contribution in [1.82, 2.24) is 20.0 Å². The Kier molecular flexibility index (Phi) is 3.81. The van der Waals surface area contributed by atoms with E-state index in [2.05, 4.69) is 15.3 Å². The van der Waals surface area contributed by atoms with Crippen LogP contribution in [0.15, 0.2) is 34.7 Å². The molecule has 0 spiro atoms. The monoisotopic (exact) mass is 362 g/mol. The van der Waals surface area contributed by atoms with E-state index < -0.39 is 23.6 Å². The van der Waals surface area contributed by atoms with E-state index in [1.807, 2.05) is 0 Å². The van der Waals surface area contributed by atoms with Crippen molar-refractivity contribution in [3.8, 4) is 23.0 Å². The summed E-state index contributed by atoms with van der Waals surface area (Å²) in [6, 6.07) is 4.87. The van der Waals surface area contributed by atoms with Gasteiger partial charge in [0.15, 0.2) is 5.69 Å². The highest BCUT2D eigenvalue weighted by Crippen LogP contribution is 2.34. The summed E-state index contributed by atoms with van der Waals surface area (Å²) < 4.78 is 82.3. The SMILES string of the molecule is Cn1nc(C(F)(F)F)cc1-c1nnc(-c2cccc(C(F)(F)F)c2)o1. The maximum absolute atomic E-state index is 12.7. The molecule has 0 atom stereocenters. The largest absolute Gasteiger partial charge is 0.435 e. The van der Waals surface area contributed by atoms with Crippen LogP contribution in [0, 0.1) is 0 Å². The van der Waals surface area contributed by atoms with E-state index in [0.29, 0.717) is 6.07 Å². The fraction of sp³-hybridized carbons (Fsp3) is 0.214. The average molecular weight is 362 g/mol. The van der Waals surface area contributed by atoms with Gasteiger partial charge in [0.2, 0.25) is 5.89 Å². The summed E-state index contributed by atoms with van der Waals surface area (Å²) in [6.07, 6.45) is -9.21. The molecule has 0 aliphatic rings. The molecule has 5 nitrogen and oxygen atoms in total. The highest BCUT2D eigenvalue weighted by molar-refractivity contribution is 5.57. The Balaban J connectivity index is 1.98. The normalized spacial score (nSPS) is 12.6. The minimum atomic E-state index is -4.65. The molecule has 0 saturated heterocycles. The van der Waals surface area contributed by atoms with Crippen molar-refractivity contribution in [2.45, 2.75) is 12.4 Å². The van der Waals surface area contributed by atoms with E-state index in [1.165, 1.54) is 13.1 Å². The number of rotatable bonds is 2. The standard InChI is InChI=1S/C14H8F6N4O/c1-24-9(6-10(23-24)14(18,19)20)12-22-21-11(25-12)7-3-2-4-8(5-7)13(15,16)17/h2-6H,1H3. The number of aromatic nitrogens is 4. The number of benzene rings is 1. The maximum Gasteiger partial charge on any atom is 0.435 e. The van der Waals surface area contributed by atoms with Crippen molar-refractivity contribution in [3.63, 3.8) is 0 Å². The highest BCUT2D eigenvalue weighted by Gasteiger charge is 2.35. The minimum Gasteiger partial charge on any atom is -0.415 e. The van der Waals surface area contributed by atoms with Crippen LogP contribution >= 0.6 is 0 Å². The highest BCUT2D eigenvalue weighted by atomic mass is 19.4. The summed E-state index contributed by atoms with van der Waals surface area (Å²) in [7, 11) is 1.25. The van der Waals surface area contributed by atoms with Crippen LogP contribution in [-0.2, 0) is 19.4 Å². The van der Waals surface area contributed by atoms with Crippen LogP contribution in [0.4, 0.5) is 26.3 Å². The van der Waals surface area contributed by atoms with Crippen LogP contribution < -0.4 is 0 Å². The summed E-state index contributed by atoms with van der Waals surface area (Å²) >= 11 is 0. The molecule has 3 rings (SSSR count). The van der Waals surface area contributed by atoms with E-state index in [4.69, 9.17) is 4.42 Å². The Labute approximate surface area is 135 Å². The van der Waals surface area contributed by atoms with Crippen molar-refractivity contribution in [2.24, 2.45) is 7.05 Å². The van der Waals surface area contributed by atoms with Gasteiger partial charge in [-0.15, -0.1) is 10.2 Å². The van der Waals surface area contributed by atoms with Crippen molar-refractivity contribution in [3.05, 3.63) is 41.6 Å². The van der Waals surface area contributed by atoms with Crippen LogP contribution in [-0.4, -0.2) is 20.0 Å². The molecule has 0 amide bonds. The van der Waals surface area contributed by atoms with Crippen LogP contribution in [0.1, 0.15) is 11.3 Å². The molecular weight excluding hydrogens is 354 g/mol. The molecule has 1 aromatic carbocycles. The second-order valence-electron chi connectivity index (χ2n) is 5.03. The third-order valence-corrected chi connectivity index (χ3v) is 3.25. The Morgan fingerprint density at radius 1 is 0.920 bits per heavy atom.